The van der Waals surface area contributed by atoms with E-state index in [1.807, 2.05) is 29.2 Å². The molecule has 1 aliphatic rings. The monoisotopic (exact) mass is 422 g/mol. The van der Waals surface area contributed by atoms with E-state index < -0.39 is 17.5 Å². The zero-order valence-electron chi connectivity index (χ0n) is 15.6. The van der Waals surface area contributed by atoms with Crippen LogP contribution in [-0.4, -0.2) is 56.0 Å². The van der Waals surface area contributed by atoms with Gasteiger partial charge in [-0.1, -0.05) is 23.7 Å². The van der Waals surface area contributed by atoms with E-state index in [0.29, 0.717) is 18.1 Å². The van der Waals surface area contributed by atoms with Gasteiger partial charge in [0, 0.05) is 37.9 Å². The van der Waals surface area contributed by atoms with Crippen molar-refractivity contribution < 1.29 is 18.4 Å². The fraction of sp³-hybridized carbons (Fsp3) is 0.300. The van der Waals surface area contributed by atoms with Gasteiger partial charge in [0.1, 0.15) is 0 Å². The number of anilines is 2. The molecule has 0 saturated carbocycles. The van der Waals surface area contributed by atoms with Crippen LogP contribution < -0.4 is 15.5 Å². The molecule has 0 spiro atoms. The Labute approximate surface area is 172 Å². The summed E-state index contributed by atoms with van der Waals surface area (Å²) < 4.78 is 26.0. The third kappa shape index (κ3) is 5.88. The topological polar surface area (TPSA) is 64.7 Å². The number of hydrogen-bond donors (Lipinski definition) is 2. The lowest BCUT2D eigenvalue weighted by molar-refractivity contribution is -0.125. The molecule has 29 heavy (non-hydrogen) atoms. The van der Waals surface area contributed by atoms with Gasteiger partial charge < -0.3 is 15.5 Å². The van der Waals surface area contributed by atoms with Crippen LogP contribution in [0, 0.1) is 11.6 Å². The Hall–Kier alpha value is -2.71. The van der Waals surface area contributed by atoms with Gasteiger partial charge >= 0.3 is 0 Å². The molecule has 1 aliphatic heterocycles. The number of nitrogens with one attached hydrogen (secondary N) is 2. The maximum absolute atomic E-state index is 13.1. The molecule has 2 amide bonds. The summed E-state index contributed by atoms with van der Waals surface area (Å²) in [6, 6.07) is 10.7. The van der Waals surface area contributed by atoms with Crippen LogP contribution in [0.1, 0.15) is 0 Å². The summed E-state index contributed by atoms with van der Waals surface area (Å²) in [7, 11) is 0. The number of hydrogen-bond acceptors (Lipinski definition) is 4. The van der Waals surface area contributed by atoms with E-state index in [2.05, 4.69) is 15.5 Å². The fourth-order valence-corrected chi connectivity index (χ4v) is 3.33. The van der Waals surface area contributed by atoms with E-state index in [1.54, 1.807) is 0 Å². The van der Waals surface area contributed by atoms with Gasteiger partial charge in [0.05, 0.1) is 23.8 Å². The minimum Gasteiger partial charge on any atom is -0.368 e. The second kappa shape index (κ2) is 9.67. The van der Waals surface area contributed by atoms with E-state index in [-0.39, 0.29) is 24.7 Å². The third-order valence-electron chi connectivity index (χ3n) is 4.58. The van der Waals surface area contributed by atoms with Crippen LogP contribution in [0.5, 0.6) is 0 Å². The number of benzene rings is 2. The molecule has 0 unspecified atom stereocenters. The van der Waals surface area contributed by atoms with Crippen molar-refractivity contribution in [2.45, 2.75) is 0 Å². The van der Waals surface area contributed by atoms with E-state index in [1.165, 1.54) is 6.07 Å². The van der Waals surface area contributed by atoms with Gasteiger partial charge in [0.15, 0.2) is 11.6 Å². The number of carbonyl (C=O) groups excluding carboxylic acids is 2. The molecule has 2 N–H and O–H groups in total. The molecule has 0 radical (unpaired) electrons. The van der Waals surface area contributed by atoms with E-state index in [0.717, 1.165) is 30.9 Å². The van der Waals surface area contributed by atoms with Gasteiger partial charge in [0.25, 0.3) is 0 Å². The number of halogens is 3. The number of piperazine rings is 1. The number of amides is 2. The first-order valence-corrected chi connectivity index (χ1v) is 9.53. The van der Waals surface area contributed by atoms with Gasteiger partial charge in [-0.2, -0.15) is 0 Å². The van der Waals surface area contributed by atoms with Crippen molar-refractivity contribution in [3.63, 3.8) is 0 Å². The normalized spacial score (nSPS) is 14.5. The van der Waals surface area contributed by atoms with E-state index in [9.17, 15) is 18.4 Å². The molecule has 1 fully saturated rings. The summed E-state index contributed by atoms with van der Waals surface area (Å²) in [6.07, 6.45) is 0. The Morgan fingerprint density at radius 2 is 1.69 bits per heavy atom. The molecule has 154 valence electrons. The van der Waals surface area contributed by atoms with Crippen molar-refractivity contribution in [1.82, 2.24) is 10.2 Å². The lowest BCUT2D eigenvalue weighted by Crippen LogP contribution is -2.50. The molecule has 0 bridgehead atoms. The van der Waals surface area contributed by atoms with Crippen molar-refractivity contribution in [3.8, 4) is 0 Å². The van der Waals surface area contributed by atoms with Crippen LogP contribution in [0.3, 0.4) is 0 Å². The number of para-hydroxylation sites is 1. The SMILES string of the molecule is O=C(CN1CCN(c2ccccc2Cl)CC1)NCC(=O)Nc1ccc(F)c(F)c1. The summed E-state index contributed by atoms with van der Waals surface area (Å²) in [4.78, 5) is 28.1. The van der Waals surface area contributed by atoms with Crippen molar-refractivity contribution in [2.24, 2.45) is 0 Å². The van der Waals surface area contributed by atoms with Crippen LogP contribution in [-0.2, 0) is 9.59 Å². The Balaban J connectivity index is 1.39. The highest BCUT2D eigenvalue weighted by Crippen LogP contribution is 2.25. The molecule has 2 aromatic rings. The van der Waals surface area contributed by atoms with E-state index in [4.69, 9.17) is 11.6 Å². The van der Waals surface area contributed by atoms with Crippen LogP contribution in [0.15, 0.2) is 42.5 Å². The van der Waals surface area contributed by atoms with Gasteiger partial charge in [-0.3, -0.25) is 14.5 Å². The van der Waals surface area contributed by atoms with Crippen LogP contribution in [0.4, 0.5) is 20.2 Å². The number of rotatable bonds is 6. The smallest absolute Gasteiger partial charge is 0.243 e. The zero-order valence-corrected chi connectivity index (χ0v) is 16.4. The van der Waals surface area contributed by atoms with Gasteiger partial charge in [0.2, 0.25) is 11.8 Å². The zero-order chi connectivity index (χ0) is 20.8. The molecule has 1 saturated heterocycles. The minimum absolute atomic E-state index is 0.124. The first-order chi connectivity index (χ1) is 13.9. The maximum atomic E-state index is 13.1. The van der Waals surface area contributed by atoms with Crippen molar-refractivity contribution in [3.05, 3.63) is 59.1 Å². The predicted octanol–water partition coefficient (Wildman–Crippen LogP) is 2.50. The van der Waals surface area contributed by atoms with Crippen molar-refractivity contribution in [2.75, 3.05) is 49.5 Å². The van der Waals surface area contributed by atoms with Gasteiger partial charge in [-0.15, -0.1) is 0 Å². The number of nitrogens with zero attached hydrogens (tertiary/aromatic N) is 2. The molecule has 0 aromatic heterocycles. The highest BCUT2D eigenvalue weighted by molar-refractivity contribution is 6.33. The highest BCUT2D eigenvalue weighted by Gasteiger charge is 2.20. The standard InChI is InChI=1S/C20H21ClF2N4O2/c21-15-3-1-2-4-18(15)27-9-7-26(8-10-27)13-20(29)24-12-19(28)25-14-5-6-16(22)17(23)11-14/h1-6,11H,7-10,12-13H2,(H,24,29)(H,25,28). The largest absolute Gasteiger partial charge is 0.368 e. The first-order valence-electron chi connectivity index (χ1n) is 9.16. The lowest BCUT2D eigenvalue weighted by atomic mass is 10.2. The van der Waals surface area contributed by atoms with Gasteiger partial charge in [-0.25, -0.2) is 8.78 Å². The Bertz CT molecular complexity index is 889. The molecule has 2 aromatic carbocycles. The molecule has 9 heteroatoms. The van der Waals surface area contributed by atoms with Crippen LogP contribution >= 0.6 is 11.6 Å². The van der Waals surface area contributed by atoms with Gasteiger partial charge in [-0.05, 0) is 24.3 Å². The number of carbonyl (C=O) groups is 2. The molecule has 0 atom stereocenters. The maximum Gasteiger partial charge on any atom is 0.243 e. The van der Waals surface area contributed by atoms with Crippen molar-refractivity contribution >= 4 is 34.8 Å². The lowest BCUT2D eigenvalue weighted by Gasteiger charge is -2.36. The molecular weight excluding hydrogens is 402 g/mol. The third-order valence-corrected chi connectivity index (χ3v) is 4.90. The minimum atomic E-state index is -1.05. The summed E-state index contributed by atoms with van der Waals surface area (Å²) in [5.41, 5.74) is 1.10. The Morgan fingerprint density at radius 1 is 0.966 bits per heavy atom. The average molecular weight is 423 g/mol. The average Bonchev–Trinajstić information content (AvgIpc) is 2.70. The molecule has 3 rings (SSSR count). The summed E-state index contributed by atoms with van der Waals surface area (Å²) >= 11 is 6.23. The molecular formula is C20H21ClF2N4O2. The summed E-state index contributed by atoms with van der Waals surface area (Å²) in [5.74, 6) is -2.85. The molecule has 1 heterocycles. The van der Waals surface area contributed by atoms with Crippen LogP contribution in [0.25, 0.3) is 0 Å². The second-order valence-corrected chi connectivity index (χ2v) is 7.08. The first kappa shape index (κ1) is 21.0. The molecule has 6 nitrogen and oxygen atoms in total. The Morgan fingerprint density at radius 3 is 2.38 bits per heavy atom. The molecule has 0 aliphatic carbocycles. The quantitative estimate of drug-likeness (QED) is 0.750. The second-order valence-electron chi connectivity index (χ2n) is 6.67. The summed E-state index contributed by atoms with van der Waals surface area (Å²) in [6.45, 7) is 2.80. The van der Waals surface area contributed by atoms with Crippen molar-refractivity contribution in [1.29, 1.82) is 0 Å². The fourth-order valence-electron chi connectivity index (χ4n) is 3.07. The Kier molecular flexibility index (Phi) is 7.00. The van der Waals surface area contributed by atoms with E-state index >= 15 is 0 Å². The van der Waals surface area contributed by atoms with Crippen LogP contribution in [0.2, 0.25) is 5.02 Å². The summed E-state index contributed by atoms with van der Waals surface area (Å²) in [5, 5.41) is 5.64. The highest BCUT2D eigenvalue weighted by atomic mass is 35.5. The predicted molar refractivity (Wildman–Crippen MR) is 108 cm³/mol.